The van der Waals surface area contributed by atoms with E-state index in [0.717, 1.165) is 29.7 Å². The molecule has 5 heteroatoms. The quantitative estimate of drug-likeness (QED) is 0.783. The number of amides is 2. The Bertz CT molecular complexity index is 614. The smallest absolute Gasteiger partial charge is 0.314 e. The third kappa shape index (κ3) is 5.57. The third-order valence-corrected chi connectivity index (χ3v) is 3.84. The maximum atomic E-state index is 11.8. The maximum Gasteiger partial charge on any atom is 0.314 e. The van der Waals surface area contributed by atoms with Crippen LogP contribution < -0.4 is 15.4 Å². The van der Waals surface area contributed by atoms with Gasteiger partial charge in [-0.05, 0) is 42.2 Å². The van der Waals surface area contributed by atoms with Gasteiger partial charge in [0, 0.05) is 31.4 Å². The van der Waals surface area contributed by atoms with Crippen LogP contribution in [-0.2, 0) is 6.42 Å². The lowest BCUT2D eigenvalue weighted by molar-refractivity contribution is 0.240. The number of carbonyl (C=O) groups excluding carboxylic acids is 1. The minimum Gasteiger partial charge on any atom is -0.497 e. The van der Waals surface area contributed by atoms with Gasteiger partial charge in [0.2, 0.25) is 0 Å². The number of rotatable bonds is 8. The summed E-state index contributed by atoms with van der Waals surface area (Å²) in [6.07, 6.45) is 5.37. The number of hydrogen-bond acceptors (Lipinski definition) is 3. The fourth-order valence-corrected chi connectivity index (χ4v) is 2.50. The summed E-state index contributed by atoms with van der Waals surface area (Å²) >= 11 is 0. The topological polar surface area (TPSA) is 63.2 Å². The van der Waals surface area contributed by atoms with Gasteiger partial charge < -0.3 is 15.4 Å². The van der Waals surface area contributed by atoms with Crippen molar-refractivity contribution in [2.75, 3.05) is 20.2 Å². The second-order valence-corrected chi connectivity index (χ2v) is 5.67. The summed E-state index contributed by atoms with van der Waals surface area (Å²) in [5, 5.41) is 5.80. The number of pyridine rings is 1. The number of hydrogen-bond donors (Lipinski definition) is 2. The second-order valence-electron chi connectivity index (χ2n) is 5.67. The molecule has 128 valence electrons. The molecule has 0 aliphatic rings. The highest BCUT2D eigenvalue weighted by Gasteiger charge is 2.14. The first kappa shape index (κ1) is 17.8. The standard InChI is InChI=1S/C19H25N3O2/c1-3-10-21-19(23)22-14-17(12-15-5-4-11-20-13-15)16-6-8-18(24-2)9-7-16/h4-9,11,13,17H,3,10,12,14H2,1-2H3,(H2,21,22,23). The average Bonchev–Trinajstić information content (AvgIpc) is 2.64. The molecule has 2 N–H and O–H groups in total. The van der Waals surface area contributed by atoms with Crippen molar-refractivity contribution in [2.45, 2.75) is 25.7 Å². The summed E-state index contributed by atoms with van der Waals surface area (Å²) in [7, 11) is 1.65. The third-order valence-electron chi connectivity index (χ3n) is 3.84. The van der Waals surface area contributed by atoms with Crippen LogP contribution in [0.2, 0.25) is 0 Å². The highest BCUT2D eigenvalue weighted by Crippen LogP contribution is 2.22. The van der Waals surface area contributed by atoms with Gasteiger partial charge >= 0.3 is 6.03 Å². The molecule has 5 nitrogen and oxygen atoms in total. The first-order chi connectivity index (χ1) is 11.7. The fraction of sp³-hybridized carbons (Fsp3) is 0.368. The molecule has 0 bridgehead atoms. The van der Waals surface area contributed by atoms with Gasteiger partial charge in [-0.2, -0.15) is 0 Å². The van der Waals surface area contributed by atoms with Gasteiger partial charge in [-0.3, -0.25) is 4.98 Å². The Labute approximate surface area is 143 Å². The Balaban J connectivity index is 2.06. The van der Waals surface area contributed by atoms with Crippen LogP contribution in [0, 0.1) is 0 Å². The minimum atomic E-state index is -0.124. The van der Waals surface area contributed by atoms with Gasteiger partial charge in [0.25, 0.3) is 0 Å². The largest absolute Gasteiger partial charge is 0.497 e. The lowest BCUT2D eigenvalue weighted by Crippen LogP contribution is -2.38. The number of benzene rings is 1. The number of aromatic nitrogens is 1. The van der Waals surface area contributed by atoms with Crippen molar-refractivity contribution in [3.8, 4) is 5.75 Å². The molecular weight excluding hydrogens is 302 g/mol. The molecule has 0 saturated carbocycles. The minimum absolute atomic E-state index is 0.124. The van der Waals surface area contributed by atoms with Gasteiger partial charge in [-0.1, -0.05) is 25.1 Å². The predicted octanol–water partition coefficient (Wildman–Crippen LogP) is 3.13. The molecule has 24 heavy (non-hydrogen) atoms. The molecule has 1 aromatic heterocycles. The Hall–Kier alpha value is -2.56. The van der Waals surface area contributed by atoms with Crippen molar-refractivity contribution in [1.29, 1.82) is 0 Å². The highest BCUT2D eigenvalue weighted by molar-refractivity contribution is 5.73. The molecule has 1 aromatic carbocycles. The average molecular weight is 327 g/mol. The van der Waals surface area contributed by atoms with Crippen molar-refractivity contribution in [1.82, 2.24) is 15.6 Å². The summed E-state index contributed by atoms with van der Waals surface area (Å²) < 4.78 is 5.22. The number of methoxy groups -OCH3 is 1. The van der Waals surface area contributed by atoms with Crippen molar-refractivity contribution >= 4 is 6.03 Å². The number of urea groups is 1. The van der Waals surface area contributed by atoms with Crippen LogP contribution in [0.5, 0.6) is 5.75 Å². The van der Waals surface area contributed by atoms with Crippen LogP contribution in [0.15, 0.2) is 48.8 Å². The van der Waals surface area contributed by atoms with Crippen LogP contribution in [0.3, 0.4) is 0 Å². The zero-order valence-corrected chi connectivity index (χ0v) is 14.3. The van der Waals surface area contributed by atoms with Crippen LogP contribution in [-0.4, -0.2) is 31.2 Å². The number of nitrogens with one attached hydrogen (secondary N) is 2. The summed E-state index contributed by atoms with van der Waals surface area (Å²) in [5.74, 6) is 1.00. The van der Waals surface area contributed by atoms with E-state index in [1.807, 2.05) is 43.5 Å². The van der Waals surface area contributed by atoms with Crippen molar-refractivity contribution in [2.24, 2.45) is 0 Å². The van der Waals surface area contributed by atoms with Crippen LogP contribution >= 0.6 is 0 Å². The molecule has 1 heterocycles. The van der Waals surface area contributed by atoms with E-state index in [9.17, 15) is 4.79 Å². The summed E-state index contributed by atoms with van der Waals surface area (Å²) in [5.41, 5.74) is 2.31. The lowest BCUT2D eigenvalue weighted by Gasteiger charge is -2.19. The lowest BCUT2D eigenvalue weighted by atomic mass is 9.92. The Morgan fingerprint density at radius 1 is 1.21 bits per heavy atom. The van der Waals surface area contributed by atoms with Crippen molar-refractivity contribution < 1.29 is 9.53 Å². The number of carbonyl (C=O) groups is 1. The SMILES string of the molecule is CCCNC(=O)NCC(Cc1cccnc1)c1ccc(OC)cc1. The van der Waals surface area contributed by atoms with Crippen LogP contribution in [0.4, 0.5) is 4.79 Å². The molecule has 0 aliphatic carbocycles. The fourth-order valence-electron chi connectivity index (χ4n) is 2.50. The predicted molar refractivity (Wildman–Crippen MR) is 95.4 cm³/mol. The van der Waals surface area contributed by atoms with Gasteiger partial charge in [0.1, 0.15) is 5.75 Å². The zero-order valence-electron chi connectivity index (χ0n) is 14.3. The normalized spacial score (nSPS) is 11.6. The summed E-state index contributed by atoms with van der Waals surface area (Å²) in [6.45, 7) is 3.28. The molecule has 1 unspecified atom stereocenters. The molecule has 0 spiro atoms. The number of nitrogens with zero attached hydrogens (tertiary/aromatic N) is 1. The molecule has 2 aromatic rings. The van der Waals surface area contributed by atoms with Crippen LogP contribution in [0.1, 0.15) is 30.4 Å². The molecule has 0 aliphatic heterocycles. The van der Waals surface area contributed by atoms with Gasteiger partial charge in [0.05, 0.1) is 7.11 Å². The van der Waals surface area contributed by atoms with E-state index in [1.54, 1.807) is 13.3 Å². The molecule has 2 amide bonds. The van der Waals surface area contributed by atoms with Crippen molar-refractivity contribution in [3.05, 3.63) is 59.9 Å². The monoisotopic (exact) mass is 327 g/mol. The Kier molecular flexibility index (Phi) is 7.08. The molecule has 2 rings (SSSR count). The molecular formula is C19H25N3O2. The highest BCUT2D eigenvalue weighted by atomic mass is 16.5. The van der Waals surface area contributed by atoms with Crippen LogP contribution in [0.25, 0.3) is 0 Å². The first-order valence-electron chi connectivity index (χ1n) is 8.27. The van der Waals surface area contributed by atoms with E-state index in [2.05, 4.69) is 21.7 Å². The summed E-state index contributed by atoms with van der Waals surface area (Å²) in [6, 6.07) is 11.9. The molecule has 0 radical (unpaired) electrons. The number of ether oxygens (including phenoxy) is 1. The van der Waals surface area contributed by atoms with E-state index >= 15 is 0 Å². The van der Waals surface area contributed by atoms with Crippen molar-refractivity contribution in [3.63, 3.8) is 0 Å². The molecule has 0 saturated heterocycles. The first-order valence-corrected chi connectivity index (χ1v) is 8.27. The van der Waals surface area contributed by atoms with Gasteiger partial charge in [0.15, 0.2) is 0 Å². The van der Waals surface area contributed by atoms with E-state index in [4.69, 9.17) is 4.74 Å². The Morgan fingerprint density at radius 3 is 2.62 bits per heavy atom. The van der Waals surface area contributed by atoms with E-state index < -0.39 is 0 Å². The van der Waals surface area contributed by atoms with E-state index in [1.165, 1.54) is 0 Å². The second kappa shape index (κ2) is 9.55. The molecule has 0 fully saturated rings. The molecule has 1 atom stereocenters. The maximum absolute atomic E-state index is 11.8. The Morgan fingerprint density at radius 2 is 2.00 bits per heavy atom. The van der Waals surface area contributed by atoms with E-state index in [-0.39, 0.29) is 11.9 Å². The zero-order chi connectivity index (χ0) is 17.2. The van der Waals surface area contributed by atoms with Gasteiger partial charge in [-0.15, -0.1) is 0 Å². The summed E-state index contributed by atoms with van der Waals surface area (Å²) in [4.78, 5) is 16.0. The van der Waals surface area contributed by atoms with E-state index in [0.29, 0.717) is 13.1 Å². The van der Waals surface area contributed by atoms with Gasteiger partial charge in [-0.25, -0.2) is 4.79 Å².